The van der Waals surface area contributed by atoms with Crippen molar-refractivity contribution in [3.8, 4) is 0 Å². The van der Waals surface area contributed by atoms with E-state index in [1.807, 2.05) is 0 Å². The number of hydrogen-bond donors (Lipinski definition) is 1. The van der Waals surface area contributed by atoms with Crippen LogP contribution in [0.15, 0.2) is 11.6 Å². The van der Waals surface area contributed by atoms with Gasteiger partial charge in [-0.2, -0.15) is 0 Å². The molecule has 0 bridgehead atoms. The van der Waals surface area contributed by atoms with Gasteiger partial charge in [0.15, 0.2) is 0 Å². The van der Waals surface area contributed by atoms with Gasteiger partial charge >= 0.3 is 0 Å². The van der Waals surface area contributed by atoms with Gasteiger partial charge in [0, 0.05) is 9.46 Å². The van der Waals surface area contributed by atoms with E-state index in [0.717, 1.165) is 3.92 Å². The Labute approximate surface area is 101 Å². The number of halogens is 1. The smallest absolute Gasteiger partial charge is 0.0395 e. The van der Waals surface area contributed by atoms with Gasteiger partial charge in [-0.25, -0.2) is 0 Å². The lowest BCUT2D eigenvalue weighted by Crippen LogP contribution is -2.34. The minimum atomic E-state index is 0.465. The van der Waals surface area contributed by atoms with E-state index in [0.29, 0.717) is 5.54 Å². The average molecular weight is 305 g/mol. The highest BCUT2D eigenvalue weighted by Crippen LogP contribution is 2.46. The molecule has 0 aliphatic heterocycles. The summed E-state index contributed by atoms with van der Waals surface area (Å²) in [7, 11) is 0. The fourth-order valence-electron chi connectivity index (χ4n) is 2.34. The van der Waals surface area contributed by atoms with Crippen LogP contribution in [0.1, 0.15) is 45.4 Å². The van der Waals surface area contributed by atoms with Gasteiger partial charge in [-0.15, -0.1) is 0 Å². The molecule has 2 heteroatoms. The van der Waals surface area contributed by atoms with E-state index in [9.17, 15) is 0 Å². The predicted molar refractivity (Wildman–Crippen MR) is 70.0 cm³/mol. The van der Waals surface area contributed by atoms with Gasteiger partial charge in [0.1, 0.15) is 0 Å². The molecule has 0 aromatic carbocycles. The lowest BCUT2D eigenvalue weighted by molar-refractivity contribution is 0.523. The zero-order valence-electron chi connectivity index (χ0n) is 8.98. The van der Waals surface area contributed by atoms with Crippen LogP contribution in [0.25, 0.3) is 0 Å². The lowest BCUT2D eigenvalue weighted by Gasteiger charge is -2.25. The summed E-state index contributed by atoms with van der Waals surface area (Å²) in [6.45, 7) is 3.43. The monoisotopic (exact) mass is 305 g/mol. The summed E-state index contributed by atoms with van der Waals surface area (Å²) in [5, 5.41) is 3.73. The fourth-order valence-corrected chi connectivity index (χ4v) is 2.90. The van der Waals surface area contributed by atoms with Gasteiger partial charge in [0.2, 0.25) is 0 Å². The molecule has 2 aliphatic rings. The normalized spacial score (nSPS) is 29.9. The Morgan fingerprint density at radius 1 is 1.57 bits per heavy atom. The van der Waals surface area contributed by atoms with Crippen molar-refractivity contribution in [2.24, 2.45) is 0 Å². The van der Waals surface area contributed by atoms with E-state index in [2.05, 4.69) is 40.9 Å². The van der Waals surface area contributed by atoms with Crippen LogP contribution in [0.5, 0.6) is 0 Å². The average Bonchev–Trinajstić information content (AvgIpc) is 2.97. The van der Waals surface area contributed by atoms with Gasteiger partial charge in [0.25, 0.3) is 0 Å². The minimum absolute atomic E-state index is 0.465. The summed E-state index contributed by atoms with van der Waals surface area (Å²) < 4.78 is 0.887. The third-order valence-electron chi connectivity index (χ3n) is 3.42. The van der Waals surface area contributed by atoms with Crippen molar-refractivity contribution < 1.29 is 0 Å². The molecule has 14 heavy (non-hydrogen) atoms. The van der Waals surface area contributed by atoms with E-state index >= 15 is 0 Å². The maximum Gasteiger partial charge on any atom is 0.0395 e. The van der Waals surface area contributed by atoms with Crippen molar-refractivity contribution in [3.63, 3.8) is 0 Å². The number of nitrogens with one attached hydrogen (secondary N) is 1. The van der Waals surface area contributed by atoms with Gasteiger partial charge in [-0.1, -0.05) is 41.2 Å². The SMILES string of the molecule is CCCNC1(C2=CC[C@H](I)CC2)CC1. The Morgan fingerprint density at radius 2 is 2.36 bits per heavy atom. The summed E-state index contributed by atoms with van der Waals surface area (Å²) in [5.74, 6) is 0. The van der Waals surface area contributed by atoms with E-state index in [1.165, 1.54) is 45.1 Å². The zero-order valence-corrected chi connectivity index (χ0v) is 11.1. The second-order valence-electron chi connectivity index (χ2n) is 4.61. The molecule has 2 aliphatic carbocycles. The van der Waals surface area contributed by atoms with Crippen molar-refractivity contribution in [1.82, 2.24) is 5.32 Å². The molecule has 1 fully saturated rings. The first kappa shape index (κ1) is 10.9. The van der Waals surface area contributed by atoms with E-state index < -0.39 is 0 Å². The topological polar surface area (TPSA) is 12.0 Å². The molecule has 0 heterocycles. The Kier molecular flexibility index (Phi) is 3.53. The third-order valence-corrected chi connectivity index (χ3v) is 4.56. The second-order valence-corrected chi connectivity index (χ2v) is 6.37. The first-order valence-corrected chi connectivity index (χ1v) is 7.10. The van der Waals surface area contributed by atoms with Crippen LogP contribution in [-0.2, 0) is 0 Å². The van der Waals surface area contributed by atoms with Crippen molar-refractivity contribution in [2.75, 3.05) is 6.54 Å². The highest BCUT2D eigenvalue weighted by atomic mass is 127. The Balaban J connectivity index is 1.94. The molecule has 0 spiro atoms. The van der Waals surface area contributed by atoms with Crippen LogP contribution in [0.2, 0.25) is 0 Å². The molecule has 0 amide bonds. The minimum Gasteiger partial charge on any atom is -0.308 e. The summed E-state index contributed by atoms with van der Waals surface area (Å²) >= 11 is 2.58. The van der Waals surface area contributed by atoms with Crippen molar-refractivity contribution in [3.05, 3.63) is 11.6 Å². The Morgan fingerprint density at radius 3 is 2.86 bits per heavy atom. The number of rotatable bonds is 4. The molecule has 0 saturated heterocycles. The maximum atomic E-state index is 3.73. The van der Waals surface area contributed by atoms with Crippen molar-refractivity contribution in [2.45, 2.75) is 54.9 Å². The van der Waals surface area contributed by atoms with Gasteiger partial charge in [-0.05, 0) is 45.1 Å². The molecule has 1 saturated carbocycles. The first-order chi connectivity index (χ1) is 6.77. The summed E-state index contributed by atoms with van der Waals surface area (Å²) in [5.41, 5.74) is 2.19. The van der Waals surface area contributed by atoms with Gasteiger partial charge < -0.3 is 5.32 Å². The molecular weight excluding hydrogens is 285 g/mol. The maximum absolute atomic E-state index is 3.73. The molecule has 2 rings (SSSR count). The fraction of sp³-hybridized carbons (Fsp3) is 0.833. The standard InChI is InChI=1S/C12H20IN/c1-2-9-14-12(7-8-12)10-3-5-11(13)6-4-10/h3,11,14H,2,4-9H2,1H3/t11-/m0/s1. The molecule has 0 aromatic heterocycles. The summed E-state index contributed by atoms with van der Waals surface area (Å²) in [6, 6.07) is 0. The summed E-state index contributed by atoms with van der Waals surface area (Å²) in [4.78, 5) is 0. The van der Waals surface area contributed by atoms with Gasteiger partial charge in [0.05, 0.1) is 0 Å². The molecule has 0 aromatic rings. The molecule has 1 nitrogen and oxygen atoms in total. The van der Waals surface area contributed by atoms with Crippen molar-refractivity contribution in [1.29, 1.82) is 0 Å². The van der Waals surface area contributed by atoms with E-state index in [4.69, 9.17) is 0 Å². The highest BCUT2D eigenvalue weighted by molar-refractivity contribution is 14.1. The predicted octanol–water partition coefficient (Wildman–Crippen LogP) is 3.43. The molecule has 0 radical (unpaired) electrons. The van der Waals surface area contributed by atoms with Crippen LogP contribution in [0, 0.1) is 0 Å². The molecule has 80 valence electrons. The van der Waals surface area contributed by atoms with Crippen LogP contribution in [-0.4, -0.2) is 16.0 Å². The molecule has 1 N–H and O–H groups in total. The second kappa shape index (κ2) is 4.52. The molecular formula is C12H20IN. The highest BCUT2D eigenvalue weighted by Gasteiger charge is 2.45. The van der Waals surface area contributed by atoms with Crippen LogP contribution in [0.3, 0.4) is 0 Å². The van der Waals surface area contributed by atoms with Crippen LogP contribution in [0.4, 0.5) is 0 Å². The van der Waals surface area contributed by atoms with Crippen molar-refractivity contribution >= 4 is 22.6 Å². The van der Waals surface area contributed by atoms with Gasteiger partial charge in [-0.3, -0.25) is 0 Å². The third kappa shape index (κ3) is 2.32. The first-order valence-electron chi connectivity index (χ1n) is 5.85. The largest absolute Gasteiger partial charge is 0.308 e. The van der Waals surface area contributed by atoms with E-state index in [1.54, 1.807) is 5.57 Å². The number of hydrogen-bond acceptors (Lipinski definition) is 1. The Hall–Kier alpha value is 0.430. The quantitative estimate of drug-likeness (QED) is 0.477. The van der Waals surface area contributed by atoms with Crippen LogP contribution < -0.4 is 5.32 Å². The van der Waals surface area contributed by atoms with E-state index in [-0.39, 0.29) is 0 Å². The zero-order chi connectivity index (χ0) is 10.0. The molecule has 0 unspecified atom stereocenters. The van der Waals surface area contributed by atoms with Crippen LogP contribution >= 0.6 is 22.6 Å². The number of alkyl halides is 1. The lowest BCUT2D eigenvalue weighted by atomic mass is 9.92. The summed E-state index contributed by atoms with van der Waals surface area (Å²) in [6.07, 6.45) is 10.5. The molecule has 1 atom stereocenters. The Bertz CT molecular complexity index is 230. The number of allylic oxidation sites excluding steroid dienone is 1.